The fourth-order valence-electron chi connectivity index (χ4n) is 2.48. The Morgan fingerprint density at radius 2 is 2.00 bits per heavy atom. The van der Waals surface area contributed by atoms with Crippen molar-refractivity contribution in [2.45, 2.75) is 24.3 Å². The zero-order chi connectivity index (χ0) is 17.6. The fraction of sp³-hybridized carbons (Fsp3) is 0.333. The number of fused-ring (bicyclic) bond motifs is 1. The van der Waals surface area contributed by atoms with Crippen LogP contribution < -0.4 is 34.3 Å². The number of pyridine rings is 1. The van der Waals surface area contributed by atoms with Gasteiger partial charge in [-0.05, 0) is 25.1 Å². The molecule has 0 saturated heterocycles. The monoisotopic (exact) mass is 382 g/mol. The van der Waals surface area contributed by atoms with E-state index in [1.165, 1.54) is 0 Å². The molecule has 0 aliphatic heterocycles. The molecule has 0 fully saturated rings. The zero-order valence-corrected chi connectivity index (χ0v) is 18.1. The Hall–Kier alpha value is -1.25. The summed E-state index contributed by atoms with van der Waals surface area (Å²) in [6.45, 7) is 3.17. The Labute approximate surface area is 177 Å². The second-order valence-corrected chi connectivity index (χ2v) is 6.99. The molecule has 2 aromatic heterocycles. The van der Waals surface area contributed by atoms with E-state index in [9.17, 15) is 4.21 Å². The maximum atomic E-state index is 12.7. The van der Waals surface area contributed by atoms with Gasteiger partial charge in [-0.15, -0.1) is 0 Å². The molecule has 2 heterocycles. The quantitative estimate of drug-likeness (QED) is 0.438. The van der Waals surface area contributed by atoms with Gasteiger partial charge in [0.2, 0.25) is 0 Å². The summed E-state index contributed by atoms with van der Waals surface area (Å²) in [6.07, 6.45) is 2.50. The Kier molecular flexibility index (Phi) is 8.24. The van der Waals surface area contributed by atoms with E-state index < -0.39 is 10.8 Å². The van der Waals surface area contributed by atoms with Crippen molar-refractivity contribution in [1.82, 2.24) is 15.0 Å². The number of nitrogens with zero attached hydrogens (tertiary/aromatic N) is 2. The maximum absolute atomic E-state index is 12.7. The Balaban J connectivity index is 0.00000243. The van der Waals surface area contributed by atoms with E-state index in [2.05, 4.69) is 15.0 Å². The van der Waals surface area contributed by atoms with Gasteiger partial charge in [-0.25, -0.2) is 4.98 Å². The molecule has 0 saturated carbocycles. The van der Waals surface area contributed by atoms with Gasteiger partial charge in [-0.2, -0.15) is 0 Å². The van der Waals surface area contributed by atoms with Crippen molar-refractivity contribution in [1.29, 1.82) is 0 Å². The topological polar surface area (TPSA) is 77.1 Å². The average molecular weight is 382 g/mol. The summed E-state index contributed by atoms with van der Waals surface area (Å²) in [5, 5.41) is 0.466. The smallest absolute Gasteiger partial charge is 0.493 e. The van der Waals surface area contributed by atoms with Gasteiger partial charge in [0.05, 0.1) is 39.9 Å². The van der Waals surface area contributed by atoms with Crippen LogP contribution in [0.5, 0.6) is 5.75 Å². The summed E-state index contributed by atoms with van der Waals surface area (Å²) in [5.41, 5.74) is 3.35. The fourth-order valence-corrected chi connectivity index (χ4v) is 3.58. The minimum Gasteiger partial charge on any atom is -0.493 e. The number of aromatic amines is 1. The van der Waals surface area contributed by atoms with E-state index in [0.717, 1.165) is 34.5 Å². The zero-order valence-electron chi connectivity index (χ0n) is 15.3. The van der Waals surface area contributed by atoms with Gasteiger partial charge in [0.25, 0.3) is 0 Å². The molecule has 0 amide bonds. The standard InChI is InChI=1S/C18H21N3O3S.Na/c1-13-16(19-9-8-17(13)24-11-5-10-23-2)12-25(22)18-20-14-6-3-4-7-15(14)21-18;/h3-4,6-9H,5,10-12H2,1-2H3,(H,20,21);/q;+1/t25-;/m0./s1. The van der Waals surface area contributed by atoms with Crippen molar-refractivity contribution in [3.8, 4) is 5.75 Å². The number of methoxy groups -OCH3 is 1. The molecule has 6 nitrogen and oxygen atoms in total. The summed E-state index contributed by atoms with van der Waals surface area (Å²) in [7, 11) is 0.371. The van der Waals surface area contributed by atoms with E-state index in [1.807, 2.05) is 37.3 Å². The van der Waals surface area contributed by atoms with Crippen molar-refractivity contribution < 1.29 is 43.2 Å². The van der Waals surface area contributed by atoms with Gasteiger partial charge in [0.15, 0.2) is 5.16 Å². The van der Waals surface area contributed by atoms with Crippen LogP contribution in [0.4, 0.5) is 0 Å². The summed E-state index contributed by atoms with van der Waals surface area (Å²) in [6, 6.07) is 9.47. The number of para-hydroxylation sites is 2. The van der Waals surface area contributed by atoms with Crippen molar-refractivity contribution >= 4 is 21.8 Å². The van der Waals surface area contributed by atoms with Gasteiger partial charge < -0.3 is 14.5 Å². The number of imidazole rings is 1. The maximum Gasteiger partial charge on any atom is 1.00 e. The first-order valence-electron chi connectivity index (χ1n) is 8.08. The SMILES string of the molecule is COCCCOc1ccnc(C[S@](=O)c2nc3ccccc3[nH]2)c1C.[Na+]. The van der Waals surface area contributed by atoms with E-state index in [0.29, 0.717) is 24.1 Å². The number of hydrogen-bond acceptors (Lipinski definition) is 5. The predicted octanol–water partition coefficient (Wildman–Crippen LogP) is -0.00658. The molecule has 1 atom stereocenters. The molecule has 0 unspecified atom stereocenters. The molecular weight excluding hydrogens is 361 g/mol. The third kappa shape index (κ3) is 5.14. The third-order valence-corrected chi connectivity index (χ3v) is 5.02. The summed E-state index contributed by atoms with van der Waals surface area (Å²) in [5.74, 6) is 1.06. The van der Waals surface area contributed by atoms with E-state index >= 15 is 0 Å². The number of H-pyrrole nitrogens is 1. The molecule has 0 bridgehead atoms. The van der Waals surface area contributed by atoms with Gasteiger partial charge in [0, 0.05) is 31.9 Å². The van der Waals surface area contributed by atoms with E-state index in [1.54, 1.807) is 13.3 Å². The average Bonchev–Trinajstić information content (AvgIpc) is 3.06. The van der Waals surface area contributed by atoms with Crippen LogP contribution >= 0.6 is 0 Å². The summed E-state index contributed by atoms with van der Waals surface area (Å²) < 4.78 is 23.5. The molecule has 26 heavy (non-hydrogen) atoms. The summed E-state index contributed by atoms with van der Waals surface area (Å²) >= 11 is 0. The van der Waals surface area contributed by atoms with Crippen molar-refractivity contribution in [2.75, 3.05) is 20.3 Å². The number of hydrogen-bond donors (Lipinski definition) is 1. The molecule has 3 aromatic rings. The minimum atomic E-state index is -1.30. The largest absolute Gasteiger partial charge is 1.00 e. The predicted molar refractivity (Wildman–Crippen MR) is 97.2 cm³/mol. The number of ether oxygens (including phenoxy) is 2. The van der Waals surface area contributed by atoms with E-state index in [4.69, 9.17) is 9.47 Å². The first kappa shape index (κ1) is 21.1. The first-order chi connectivity index (χ1) is 12.2. The molecular formula is C18H21N3NaO3S+. The van der Waals surface area contributed by atoms with Crippen molar-refractivity contribution in [3.05, 3.63) is 47.8 Å². The van der Waals surface area contributed by atoms with Crippen LogP contribution in [0.15, 0.2) is 41.7 Å². The van der Waals surface area contributed by atoms with Crippen LogP contribution in [0.3, 0.4) is 0 Å². The second kappa shape index (κ2) is 10.2. The molecule has 0 aliphatic carbocycles. The molecule has 0 radical (unpaired) electrons. The van der Waals surface area contributed by atoms with E-state index in [-0.39, 0.29) is 29.6 Å². The number of benzene rings is 1. The van der Waals surface area contributed by atoms with Crippen molar-refractivity contribution in [3.63, 3.8) is 0 Å². The van der Waals surface area contributed by atoms with Crippen LogP contribution in [-0.4, -0.2) is 39.5 Å². The molecule has 0 aliphatic rings. The van der Waals surface area contributed by atoms with Crippen LogP contribution in [0.2, 0.25) is 0 Å². The van der Waals surface area contributed by atoms with Gasteiger partial charge in [-0.3, -0.25) is 9.19 Å². The number of nitrogens with one attached hydrogen (secondary N) is 1. The minimum absolute atomic E-state index is 0. The van der Waals surface area contributed by atoms with Crippen LogP contribution in [0, 0.1) is 6.92 Å². The van der Waals surface area contributed by atoms with Gasteiger partial charge >= 0.3 is 29.6 Å². The molecule has 132 valence electrons. The molecule has 0 spiro atoms. The van der Waals surface area contributed by atoms with Gasteiger partial charge in [-0.1, -0.05) is 12.1 Å². The second-order valence-electron chi connectivity index (χ2n) is 5.62. The first-order valence-corrected chi connectivity index (χ1v) is 9.40. The molecule has 1 N–H and O–H groups in total. The Bertz CT molecular complexity index is 852. The Morgan fingerprint density at radius 1 is 1.19 bits per heavy atom. The van der Waals surface area contributed by atoms with Crippen LogP contribution in [0.1, 0.15) is 17.7 Å². The van der Waals surface area contributed by atoms with Crippen LogP contribution in [-0.2, 0) is 21.3 Å². The number of rotatable bonds is 8. The molecule has 8 heteroatoms. The molecule has 3 rings (SSSR count). The normalized spacial score (nSPS) is 11.9. The van der Waals surface area contributed by atoms with Crippen molar-refractivity contribution in [2.24, 2.45) is 0 Å². The molecule has 1 aromatic carbocycles. The third-order valence-electron chi connectivity index (χ3n) is 3.86. The Morgan fingerprint density at radius 3 is 2.77 bits per heavy atom. The summed E-state index contributed by atoms with van der Waals surface area (Å²) in [4.78, 5) is 11.9. The van der Waals surface area contributed by atoms with Gasteiger partial charge in [0.1, 0.15) is 5.75 Å². The number of aromatic nitrogens is 3. The van der Waals surface area contributed by atoms with Crippen LogP contribution in [0.25, 0.3) is 11.0 Å².